The average Bonchev–Trinajstić information content (AvgIpc) is 3.09. The first-order chi connectivity index (χ1) is 10.2. The van der Waals surface area contributed by atoms with E-state index < -0.39 is 0 Å². The van der Waals surface area contributed by atoms with Crippen LogP contribution in [0.2, 0.25) is 0 Å². The number of nitrogens with zero attached hydrogens (tertiary/aromatic N) is 1. The minimum absolute atomic E-state index is 0.378. The van der Waals surface area contributed by atoms with Crippen molar-refractivity contribution in [2.45, 2.75) is 51.9 Å². The first-order valence-electron chi connectivity index (χ1n) is 8.61. The van der Waals surface area contributed by atoms with Crippen molar-refractivity contribution < 1.29 is 4.79 Å². The molecule has 0 N–H and O–H groups in total. The number of carbonyl (C=O) groups excluding carboxylic acids is 1. The van der Waals surface area contributed by atoms with Gasteiger partial charge in [0.2, 0.25) is 5.91 Å². The number of fused-ring (bicyclic) bond motifs is 3. The Labute approximate surface area is 127 Å². The first kappa shape index (κ1) is 13.4. The van der Waals surface area contributed by atoms with Crippen molar-refractivity contribution >= 4 is 11.6 Å². The second-order valence-corrected chi connectivity index (χ2v) is 7.37. The van der Waals surface area contributed by atoms with Crippen LogP contribution in [0.5, 0.6) is 0 Å². The number of aryl methyl sites for hydroxylation is 2. The Bertz CT molecular complexity index is 565. The van der Waals surface area contributed by atoms with Gasteiger partial charge < -0.3 is 4.90 Å². The standard InChI is InChI=1S/C19H25NO/c1-13-4-2-5-15-6-3-9-20(19(13)15)18(21)12-17-11-14-7-8-16(17)10-14/h2,4-5,14,16-17H,3,6-12H2,1H3. The molecule has 1 aliphatic heterocycles. The normalized spacial score (nSPS) is 30.5. The molecule has 2 aliphatic carbocycles. The van der Waals surface area contributed by atoms with Crippen molar-refractivity contribution in [3.8, 4) is 0 Å². The van der Waals surface area contributed by atoms with Crippen LogP contribution in [0.3, 0.4) is 0 Å². The summed E-state index contributed by atoms with van der Waals surface area (Å²) in [5, 5.41) is 0. The maximum atomic E-state index is 12.9. The second kappa shape index (κ2) is 5.15. The van der Waals surface area contributed by atoms with Crippen LogP contribution >= 0.6 is 0 Å². The van der Waals surface area contributed by atoms with Gasteiger partial charge in [0, 0.05) is 18.7 Å². The van der Waals surface area contributed by atoms with Crippen molar-refractivity contribution in [2.75, 3.05) is 11.4 Å². The van der Waals surface area contributed by atoms with Crippen molar-refractivity contribution in [3.63, 3.8) is 0 Å². The Morgan fingerprint density at radius 2 is 2.19 bits per heavy atom. The number of carbonyl (C=O) groups is 1. The molecule has 21 heavy (non-hydrogen) atoms. The molecular formula is C19H25NO. The summed E-state index contributed by atoms with van der Waals surface area (Å²) in [6, 6.07) is 6.46. The van der Waals surface area contributed by atoms with E-state index in [9.17, 15) is 4.79 Å². The molecule has 1 aromatic rings. The van der Waals surface area contributed by atoms with E-state index in [1.54, 1.807) is 0 Å². The zero-order valence-corrected chi connectivity index (χ0v) is 13.0. The van der Waals surface area contributed by atoms with E-state index in [1.807, 2.05) is 0 Å². The monoisotopic (exact) mass is 283 g/mol. The largest absolute Gasteiger partial charge is 0.312 e. The lowest BCUT2D eigenvalue weighted by Gasteiger charge is -2.33. The molecule has 2 saturated carbocycles. The molecule has 2 heteroatoms. The lowest BCUT2D eigenvalue weighted by molar-refractivity contribution is -0.120. The summed E-state index contributed by atoms with van der Waals surface area (Å²) in [4.78, 5) is 15.0. The Kier molecular flexibility index (Phi) is 3.28. The molecule has 0 aromatic heterocycles. The van der Waals surface area contributed by atoms with Crippen molar-refractivity contribution in [3.05, 3.63) is 29.3 Å². The summed E-state index contributed by atoms with van der Waals surface area (Å²) < 4.78 is 0. The van der Waals surface area contributed by atoms with Gasteiger partial charge in [-0.1, -0.05) is 24.6 Å². The van der Waals surface area contributed by atoms with Gasteiger partial charge >= 0.3 is 0 Å². The third-order valence-corrected chi connectivity index (χ3v) is 6.04. The van der Waals surface area contributed by atoms with Gasteiger partial charge in [0.15, 0.2) is 0 Å². The van der Waals surface area contributed by atoms with Gasteiger partial charge in [-0.3, -0.25) is 4.79 Å². The molecule has 2 nitrogen and oxygen atoms in total. The molecule has 0 radical (unpaired) electrons. The highest BCUT2D eigenvalue weighted by Crippen LogP contribution is 2.49. The second-order valence-electron chi connectivity index (χ2n) is 7.37. The van der Waals surface area contributed by atoms with E-state index in [4.69, 9.17) is 0 Å². The lowest BCUT2D eigenvalue weighted by atomic mass is 9.85. The number of amides is 1. The fourth-order valence-electron chi connectivity index (χ4n) is 5.06. The van der Waals surface area contributed by atoms with Crippen LogP contribution in [0.15, 0.2) is 18.2 Å². The topological polar surface area (TPSA) is 20.3 Å². The zero-order valence-electron chi connectivity index (χ0n) is 13.0. The molecule has 1 amide bonds. The predicted octanol–water partition coefficient (Wildman–Crippen LogP) is 4.10. The fourth-order valence-corrected chi connectivity index (χ4v) is 5.06. The van der Waals surface area contributed by atoms with E-state index in [0.29, 0.717) is 11.8 Å². The number of anilines is 1. The number of hydrogen-bond donors (Lipinski definition) is 0. The number of rotatable bonds is 2. The van der Waals surface area contributed by atoms with Gasteiger partial charge in [0.25, 0.3) is 0 Å². The summed E-state index contributed by atoms with van der Waals surface area (Å²) in [5.74, 6) is 2.83. The van der Waals surface area contributed by atoms with Crippen LogP contribution in [-0.2, 0) is 11.2 Å². The van der Waals surface area contributed by atoms with Crippen molar-refractivity contribution in [2.24, 2.45) is 17.8 Å². The maximum Gasteiger partial charge on any atom is 0.227 e. The Morgan fingerprint density at radius 1 is 1.29 bits per heavy atom. The highest BCUT2D eigenvalue weighted by Gasteiger charge is 2.41. The quantitative estimate of drug-likeness (QED) is 0.800. The molecule has 2 fully saturated rings. The third kappa shape index (κ3) is 2.29. The minimum atomic E-state index is 0.378. The van der Waals surface area contributed by atoms with Crippen LogP contribution in [0, 0.1) is 24.7 Å². The van der Waals surface area contributed by atoms with Gasteiger partial charge in [-0.25, -0.2) is 0 Å². The highest BCUT2D eigenvalue weighted by atomic mass is 16.2. The molecule has 4 rings (SSSR count). The third-order valence-electron chi connectivity index (χ3n) is 6.04. The number of para-hydroxylation sites is 1. The molecule has 3 unspecified atom stereocenters. The summed E-state index contributed by atoms with van der Waals surface area (Å²) in [5.41, 5.74) is 3.84. The Hall–Kier alpha value is -1.31. The molecule has 1 aromatic carbocycles. The van der Waals surface area contributed by atoms with Crippen molar-refractivity contribution in [1.29, 1.82) is 0 Å². The minimum Gasteiger partial charge on any atom is -0.312 e. The van der Waals surface area contributed by atoms with E-state index in [1.165, 1.54) is 42.5 Å². The van der Waals surface area contributed by atoms with Gasteiger partial charge in [-0.2, -0.15) is 0 Å². The Balaban J connectivity index is 1.53. The smallest absolute Gasteiger partial charge is 0.227 e. The fraction of sp³-hybridized carbons (Fsp3) is 0.632. The summed E-state index contributed by atoms with van der Waals surface area (Å²) in [7, 11) is 0. The molecular weight excluding hydrogens is 258 g/mol. The van der Waals surface area contributed by atoms with Gasteiger partial charge in [0.05, 0.1) is 0 Å². The van der Waals surface area contributed by atoms with E-state index in [2.05, 4.69) is 30.0 Å². The molecule has 0 saturated heterocycles. The van der Waals surface area contributed by atoms with Crippen LogP contribution in [-0.4, -0.2) is 12.5 Å². The maximum absolute atomic E-state index is 12.9. The summed E-state index contributed by atoms with van der Waals surface area (Å²) in [6.07, 6.45) is 8.51. The summed E-state index contributed by atoms with van der Waals surface area (Å²) in [6.45, 7) is 3.06. The molecule has 0 spiro atoms. The number of hydrogen-bond acceptors (Lipinski definition) is 1. The SMILES string of the molecule is Cc1cccc2c1N(C(=O)CC1CC3CCC1C3)CCC2. The number of benzene rings is 1. The summed E-state index contributed by atoms with van der Waals surface area (Å²) >= 11 is 0. The van der Waals surface area contributed by atoms with Crippen LogP contribution in [0.1, 0.15) is 49.7 Å². The average molecular weight is 283 g/mol. The van der Waals surface area contributed by atoms with Gasteiger partial charge in [-0.05, 0) is 67.9 Å². The first-order valence-corrected chi connectivity index (χ1v) is 8.61. The van der Waals surface area contributed by atoms with E-state index in [-0.39, 0.29) is 0 Å². The van der Waals surface area contributed by atoms with Crippen molar-refractivity contribution in [1.82, 2.24) is 0 Å². The molecule has 2 bridgehead atoms. The van der Waals surface area contributed by atoms with Gasteiger partial charge in [-0.15, -0.1) is 0 Å². The molecule has 112 valence electrons. The van der Waals surface area contributed by atoms with E-state index >= 15 is 0 Å². The molecule has 1 heterocycles. The van der Waals surface area contributed by atoms with Crippen LogP contribution < -0.4 is 4.90 Å². The lowest BCUT2D eigenvalue weighted by Crippen LogP contribution is -2.37. The molecule has 3 aliphatic rings. The van der Waals surface area contributed by atoms with E-state index in [0.717, 1.165) is 37.6 Å². The van der Waals surface area contributed by atoms with Gasteiger partial charge in [0.1, 0.15) is 0 Å². The predicted molar refractivity (Wildman–Crippen MR) is 85.4 cm³/mol. The zero-order chi connectivity index (χ0) is 14.4. The van der Waals surface area contributed by atoms with Crippen LogP contribution in [0.4, 0.5) is 5.69 Å². The Morgan fingerprint density at radius 3 is 2.95 bits per heavy atom. The van der Waals surface area contributed by atoms with Crippen LogP contribution in [0.25, 0.3) is 0 Å². The molecule has 3 atom stereocenters. The highest BCUT2D eigenvalue weighted by molar-refractivity contribution is 5.95.